The van der Waals surface area contributed by atoms with Crippen LogP contribution in [0.15, 0.2) is 54.9 Å². The van der Waals surface area contributed by atoms with E-state index in [0.717, 1.165) is 23.9 Å². The second-order valence-electron chi connectivity index (χ2n) is 4.98. The number of aromatic amines is 1. The Morgan fingerprint density at radius 3 is 2.29 bits per heavy atom. The Bertz CT molecular complexity index is 754. The van der Waals surface area contributed by atoms with Crippen molar-refractivity contribution in [1.82, 2.24) is 10.3 Å². The molecule has 0 fully saturated rings. The average molecular weight is 280 g/mol. The van der Waals surface area contributed by atoms with Crippen molar-refractivity contribution in [3.63, 3.8) is 0 Å². The van der Waals surface area contributed by atoms with Crippen molar-refractivity contribution in [2.75, 3.05) is 0 Å². The topological polar surface area (TPSA) is 65.1 Å². The lowest BCUT2D eigenvalue weighted by Gasteiger charge is -1.92. The van der Waals surface area contributed by atoms with Gasteiger partial charge in [0.25, 0.3) is 0 Å². The summed E-state index contributed by atoms with van der Waals surface area (Å²) in [5.41, 5.74) is 3.23. The first kappa shape index (κ1) is 13.4. The summed E-state index contributed by atoms with van der Waals surface area (Å²) in [4.78, 5) is 13.5. The Kier molecular flexibility index (Phi) is 3.71. The van der Waals surface area contributed by atoms with Gasteiger partial charge in [-0.05, 0) is 34.0 Å². The molecule has 0 saturated heterocycles. The molecule has 3 N–H and O–H groups in total. The van der Waals surface area contributed by atoms with E-state index in [9.17, 15) is 4.79 Å². The predicted molar refractivity (Wildman–Crippen MR) is 82.2 cm³/mol. The molecule has 1 aromatic heterocycles. The van der Waals surface area contributed by atoms with Crippen molar-refractivity contribution in [3.8, 4) is 0 Å². The van der Waals surface area contributed by atoms with Crippen LogP contribution in [-0.4, -0.2) is 16.1 Å². The second-order valence-corrected chi connectivity index (χ2v) is 4.98. The molecule has 1 aliphatic rings. The van der Waals surface area contributed by atoms with Gasteiger partial charge >= 0.3 is 5.97 Å². The van der Waals surface area contributed by atoms with Crippen molar-refractivity contribution >= 4 is 16.7 Å². The minimum absolute atomic E-state index is 0.321. The lowest BCUT2D eigenvalue weighted by molar-refractivity contribution is 0.0697. The molecular weight excluding hydrogens is 264 g/mol. The van der Waals surface area contributed by atoms with E-state index < -0.39 is 5.97 Å². The number of aromatic carboxylic acids is 1. The van der Waals surface area contributed by atoms with Crippen LogP contribution in [0, 0.1) is 0 Å². The Morgan fingerprint density at radius 2 is 1.62 bits per heavy atom. The standard InChI is InChI=1S/C9H7NO2.C8H9N/c11-9(12)6-1-2-7-4-10-5-8(7)3-6;1-2-4-8-6-9-5-7(8)3-1/h1-5,10H,(H,11,12);1-4,9H,5-6H2. The summed E-state index contributed by atoms with van der Waals surface area (Å²) in [5.74, 6) is -0.891. The van der Waals surface area contributed by atoms with Gasteiger partial charge in [-0.3, -0.25) is 0 Å². The van der Waals surface area contributed by atoms with Gasteiger partial charge in [0, 0.05) is 25.5 Å². The molecule has 0 unspecified atom stereocenters. The molecule has 4 nitrogen and oxygen atoms in total. The molecule has 0 saturated carbocycles. The number of fused-ring (bicyclic) bond motifs is 2. The summed E-state index contributed by atoms with van der Waals surface area (Å²) in [6.45, 7) is 2.10. The van der Waals surface area contributed by atoms with Gasteiger partial charge in [-0.1, -0.05) is 30.3 Å². The van der Waals surface area contributed by atoms with Crippen molar-refractivity contribution in [3.05, 3.63) is 71.5 Å². The van der Waals surface area contributed by atoms with Crippen LogP contribution in [0.4, 0.5) is 0 Å². The molecule has 4 rings (SSSR count). The lowest BCUT2D eigenvalue weighted by atomic mass is 10.1. The zero-order valence-electron chi connectivity index (χ0n) is 11.5. The zero-order valence-corrected chi connectivity index (χ0v) is 11.5. The fourth-order valence-corrected chi connectivity index (χ4v) is 2.42. The van der Waals surface area contributed by atoms with Crippen molar-refractivity contribution in [2.45, 2.75) is 13.1 Å². The van der Waals surface area contributed by atoms with Crippen LogP contribution in [0.2, 0.25) is 0 Å². The first-order valence-corrected chi connectivity index (χ1v) is 6.81. The van der Waals surface area contributed by atoms with Gasteiger partial charge in [0.1, 0.15) is 0 Å². The number of carboxylic acids is 1. The van der Waals surface area contributed by atoms with E-state index >= 15 is 0 Å². The van der Waals surface area contributed by atoms with E-state index in [-0.39, 0.29) is 0 Å². The summed E-state index contributed by atoms with van der Waals surface area (Å²) < 4.78 is 0. The van der Waals surface area contributed by atoms with Crippen molar-refractivity contribution < 1.29 is 9.90 Å². The highest BCUT2D eigenvalue weighted by Crippen LogP contribution is 2.15. The van der Waals surface area contributed by atoms with Gasteiger partial charge in [-0.15, -0.1) is 0 Å². The lowest BCUT2D eigenvalue weighted by Crippen LogP contribution is -1.99. The number of hydrogen-bond donors (Lipinski definition) is 3. The molecule has 0 radical (unpaired) electrons. The van der Waals surface area contributed by atoms with E-state index in [1.165, 1.54) is 11.1 Å². The van der Waals surface area contributed by atoms with Gasteiger partial charge in [-0.25, -0.2) is 4.79 Å². The third kappa shape index (κ3) is 2.95. The largest absolute Gasteiger partial charge is 0.478 e. The maximum absolute atomic E-state index is 10.6. The van der Waals surface area contributed by atoms with Gasteiger partial charge < -0.3 is 15.4 Å². The first-order chi connectivity index (χ1) is 10.2. The smallest absolute Gasteiger partial charge is 0.335 e. The molecule has 0 amide bonds. The highest BCUT2D eigenvalue weighted by atomic mass is 16.4. The molecule has 2 heterocycles. The Balaban J connectivity index is 0.000000131. The maximum Gasteiger partial charge on any atom is 0.335 e. The first-order valence-electron chi connectivity index (χ1n) is 6.81. The fourth-order valence-electron chi connectivity index (χ4n) is 2.42. The monoisotopic (exact) mass is 280 g/mol. The van der Waals surface area contributed by atoms with Crippen LogP contribution in [0.25, 0.3) is 10.8 Å². The molecule has 0 spiro atoms. The van der Waals surface area contributed by atoms with E-state index in [2.05, 4.69) is 34.6 Å². The van der Waals surface area contributed by atoms with Crippen LogP contribution in [0.5, 0.6) is 0 Å². The Labute approximate surface area is 122 Å². The fraction of sp³-hybridized carbons (Fsp3) is 0.118. The average Bonchev–Trinajstić information content (AvgIpc) is 3.15. The summed E-state index contributed by atoms with van der Waals surface area (Å²) in [7, 11) is 0. The molecule has 3 aromatic rings. The van der Waals surface area contributed by atoms with E-state index in [1.54, 1.807) is 24.4 Å². The summed E-state index contributed by atoms with van der Waals surface area (Å²) >= 11 is 0. The third-order valence-corrected chi connectivity index (χ3v) is 3.56. The van der Waals surface area contributed by atoms with Crippen LogP contribution < -0.4 is 5.32 Å². The van der Waals surface area contributed by atoms with Crippen LogP contribution in [0.3, 0.4) is 0 Å². The highest BCUT2D eigenvalue weighted by Gasteiger charge is 2.06. The number of rotatable bonds is 1. The Morgan fingerprint density at radius 1 is 0.952 bits per heavy atom. The second kappa shape index (κ2) is 5.81. The Hall–Kier alpha value is -2.59. The number of carbonyl (C=O) groups is 1. The van der Waals surface area contributed by atoms with E-state index in [0.29, 0.717) is 5.56 Å². The van der Waals surface area contributed by atoms with Crippen molar-refractivity contribution in [2.24, 2.45) is 0 Å². The molecule has 1 aliphatic heterocycles. The summed E-state index contributed by atoms with van der Waals surface area (Å²) in [6.07, 6.45) is 3.61. The SMILES string of the molecule is O=C(O)c1ccc2c[nH]cc2c1.c1ccc2c(c1)CNC2. The molecular formula is C17H16N2O2. The molecule has 0 aliphatic carbocycles. The number of aromatic nitrogens is 1. The number of carboxylic acid groups (broad SMARTS) is 1. The molecule has 0 bridgehead atoms. The van der Waals surface area contributed by atoms with E-state index in [1.807, 2.05) is 6.20 Å². The number of nitrogens with one attached hydrogen (secondary N) is 2. The van der Waals surface area contributed by atoms with Gasteiger partial charge in [-0.2, -0.15) is 0 Å². The molecule has 21 heavy (non-hydrogen) atoms. The summed E-state index contributed by atoms with van der Waals surface area (Å²) in [6, 6.07) is 13.6. The van der Waals surface area contributed by atoms with Crippen LogP contribution in [-0.2, 0) is 13.1 Å². The number of hydrogen-bond acceptors (Lipinski definition) is 2. The minimum atomic E-state index is -0.891. The van der Waals surface area contributed by atoms with Crippen LogP contribution in [0.1, 0.15) is 21.5 Å². The van der Waals surface area contributed by atoms with Gasteiger partial charge in [0.2, 0.25) is 0 Å². The molecule has 2 aromatic carbocycles. The maximum atomic E-state index is 10.6. The van der Waals surface area contributed by atoms with Crippen molar-refractivity contribution in [1.29, 1.82) is 0 Å². The molecule has 0 atom stereocenters. The third-order valence-electron chi connectivity index (χ3n) is 3.56. The van der Waals surface area contributed by atoms with Gasteiger partial charge in [0.05, 0.1) is 5.56 Å². The van der Waals surface area contributed by atoms with Crippen LogP contribution >= 0.6 is 0 Å². The summed E-state index contributed by atoms with van der Waals surface area (Å²) in [5, 5.41) is 13.9. The van der Waals surface area contributed by atoms with Gasteiger partial charge in [0.15, 0.2) is 0 Å². The number of benzene rings is 2. The number of H-pyrrole nitrogens is 1. The minimum Gasteiger partial charge on any atom is -0.478 e. The highest BCUT2D eigenvalue weighted by molar-refractivity contribution is 5.94. The predicted octanol–water partition coefficient (Wildman–Crippen LogP) is 3.16. The quantitative estimate of drug-likeness (QED) is 0.641. The normalized spacial score (nSPS) is 12.6. The van der Waals surface area contributed by atoms with E-state index in [4.69, 9.17) is 5.11 Å². The zero-order chi connectivity index (χ0) is 14.7. The molecule has 4 heteroatoms. The molecule has 106 valence electrons.